The maximum Gasteiger partial charge on any atom is 0.339 e. The minimum atomic E-state index is -1.06. The first-order chi connectivity index (χ1) is 11.8. The highest BCUT2D eigenvalue weighted by Crippen LogP contribution is 2.23. The van der Waals surface area contributed by atoms with E-state index in [1.165, 1.54) is 26.2 Å². The number of nitro benzene ring substituents is 1. The second kappa shape index (κ2) is 7.43. The average Bonchev–Trinajstić information content (AvgIpc) is 2.61. The number of anilines is 1. The highest BCUT2D eigenvalue weighted by Gasteiger charge is 2.22. The van der Waals surface area contributed by atoms with Crippen molar-refractivity contribution in [1.82, 2.24) is 0 Å². The number of Topliss-reactive ketones (excluding diaryl/α,β-unsaturated/α-hetero) is 1. The number of nitrogens with zero attached hydrogens (tertiary/aromatic N) is 1. The number of nitrogen functional groups attached to an aromatic ring is 1. The van der Waals surface area contributed by atoms with E-state index in [0.29, 0.717) is 11.3 Å². The summed E-state index contributed by atoms with van der Waals surface area (Å²) in [5.41, 5.74) is 5.31. The van der Waals surface area contributed by atoms with Gasteiger partial charge in [0, 0.05) is 11.6 Å². The number of esters is 1. The van der Waals surface area contributed by atoms with Gasteiger partial charge in [-0.25, -0.2) is 4.79 Å². The van der Waals surface area contributed by atoms with Gasteiger partial charge in [-0.15, -0.1) is 0 Å². The molecule has 0 spiro atoms. The molecule has 0 aliphatic carbocycles. The standard InChI is InChI=1S/C17H16N2O6/c1-10(16(20)11-3-6-13(24-2)7-4-11)25-17(21)12-5-8-14(18)15(9-12)19(22)23/h3-10H,18H2,1-2H3/t10-/m1/s1. The van der Waals surface area contributed by atoms with Crippen LogP contribution in [0.15, 0.2) is 42.5 Å². The number of hydrogen-bond acceptors (Lipinski definition) is 7. The van der Waals surface area contributed by atoms with Gasteiger partial charge in [-0.2, -0.15) is 0 Å². The van der Waals surface area contributed by atoms with Crippen molar-refractivity contribution in [2.75, 3.05) is 12.8 Å². The van der Waals surface area contributed by atoms with Gasteiger partial charge in [0.15, 0.2) is 6.10 Å². The minimum Gasteiger partial charge on any atom is -0.497 e. The van der Waals surface area contributed by atoms with Crippen LogP contribution in [0.3, 0.4) is 0 Å². The lowest BCUT2D eigenvalue weighted by molar-refractivity contribution is -0.383. The monoisotopic (exact) mass is 344 g/mol. The molecule has 8 heteroatoms. The molecule has 0 bridgehead atoms. The molecule has 8 nitrogen and oxygen atoms in total. The number of rotatable bonds is 6. The lowest BCUT2D eigenvalue weighted by Gasteiger charge is -2.13. The van der Waals surface area contributed by atoms with Gasteiger partial charge in [0.2, 0.25) is 5.78 Å². The van der Waals surface area contributed by atoms with Crippen molar-refractivity contribution in [3.63, 3.8) is 0 Å². The Bertz CT molecular complexity index is 816. The smallest absolute Gasteiger partial charge is 0.339 e. The predicted molar refractivity (Wildman–Crippen MR) is 89.7 cm³/mol. The van der Waals surface area contributed by atoms with Gasteiger partial charge in [0.25, 0.3) is 5.69 Å². The van der Waals surface area contributed by atoms with Crippen molar-refractivity contribution in [1.29, 1.82) is 0 Å². The molecule has 0 aliphatic rings. The van der Waals surface area contributed by atoms with Crippen molar-refractivity contribution in [2.45, 2.75) is 13.0 Å². The summed E-state index contributed by atoms with van der Waals surface area (Å²) in [6.45, 7) is 1.43. The molecule has 0 saturated heterocycles. The van der Waals surface area contributed by atoms with E-state index in [1.54, 1.807) is 24.3 Å². The molecule has 0 amide bonds. The van der Waals surface area contributed by atoms with Crippen LogP contribution in [-0.4, -0.2) is 29.9 Å². The van der Waals surface area contributed by atoms with Crippen LogP contribution in [-0.2, 0) is 4.74 Å². The van der Waals surface area contributed by atoms with E-state index < -0.39 is 28.5 Å². The molecule has 2 aromatic carbocycles. The molecule has 0 heterocycles. The molecular formula is C17H16N2O6. The third kappa shape index (κ3) is 4.11. The number of hydrogen-bond donors (Lipinski definition) is 1. The fraction of sp³-hybridized carbons (Fsp3) is 0.176. The first-order valence-electron chi connectivity index (χ1n) is 7.26. The van der Waals surface area contributed by atoms with E-state index >= 15 is 0 Å². The first-order valence-corrected chi connectivity index (χ1v) is 7.26. The van der Waals surface area contributed by atoms with Crippen LogP contribution < -0.4 is 10.5 Å². The summed E-state index contributed by atoms with van der Waals surface area (Å²) in [6.07, 6.45) is -1.06. The molecule has 0 radical (unpaired) electrons. The van der Waals surface area contributed by atoms with E-state index in [-0.39, 0.29) is 11.3 Å². The zero-order chi connectivity index (χ0) is 18.6. The largest absolute Gasteiger partial charge is 0.497 e. The van der Waals surface area contributed by atoms with E-state index in [4.69, 9.17) is 15.2 Å². The Morgan fingerprint density at radius 1 is 1.12 bits per heavy atom. The minimum absolute atomic E-state index is 0.0599. The Kier molecular flexibility index (Phi) is 5.33. The van der Waals surface area contributed by atoms with Crippen molar-refractivity contribution in [3.05, 3.63) is 63.7 Å². The highest BCUT2D eigenvalue weighted by molar-refractivity contribution is 6.01. The van der Waals surface area contributed by atoms with Gasteiger partial charge in [-0.05, 0) is 43.3 Å². The topological polar surface area (TPSA) is 122 Å². The van der Waals surface area contributed by atoms with Crippen molar-refractivity contribution in [3.8, 4) is 5.75 Å². The second-order valence-electron chi connectivity index (χ2n) is 5.17. The number of carbonyl (C=O) groups is 2. The fourth-order valence-corrected chi connectivity index (χ4v) is 2.10. The molecule has 2 aromatic rings. The molecule has 1 atom stereocenters. The Balaban J connectivity index is 2.12. The molecule has 0 aliphatic heterocycles. The van der Waals surface area contributed by atoms with Gasteiger partial charge in [-0.1, -0.05) is 0 Å². The number of carbonyl (C=O) groups excluding carboxylic acids is 2. The molecule has 0 aromatic heterocycles. The van der Waals surface area contributed by atoms with Gasteiger partial charge < -0.3 is 15.2 Å². The summed E-state index contributed by atoms with van der Waals surface area (Å²) in [7, 11) is 1.51. The molecule has 25 heavy (non-hydrogen) atoms. The predicted octanol–water partition coefficient (Wildman–Crippen LogP) is 2.61. The number of nitro groups is 1. The van der Waals surface area contributed by atoms with Crippen LogP contribution in [0.4, 0.5) is 11.4 Å². The summed E-state index contributed by atoms with van der Waals surface area (Å²) in [6, 6.07) is 9.90. The lowest BCUT2D eigenvalue weighted by atomic mass is 10.1. The van der Waals surface area contributed by atoms with Crippen LogP contribution >= 0.6 is 0 Å². The third-order valence-corrected chi connectivity index (χ3v) is 3.49. The lowest BCUT2D eigenvalue weighted by Crippen LogP contribution is -2.24. The van der Waals surface area contributed by atoms with Gasteiger partial charge in [-0.3, -0.25) is 14.9 Å². The molecule has 130 valence electrons. The number of benzene rings is 2. The summed E-state index contributed by atoms with van der Waals surface area (Å²) < 4.78 is 10.1. The Labute approximate surface area is 143 Å². The summed E-state index contributed by atoms with van der Waals surface area (Å²) in [4.78, 5) is 34.6. The number of ketones is 1. The third-order valence-electron chi connectivity index (χ3n) is 3.49. The average molecular weight is 344 g/mol. The van der Waals surface area contributed by atoms with Crippen molar-refractivity contribution in [2.24, 2.45) is 0 Å². The van der Waals surface area contributed by atoms with Crippen LogP contribution in [0.5, 0.6) is 5.75 Å². The summed E-state index contributed by atoms with van der Waals surface area (Å²) in [5, 5.41) is 10.9. The van der Waals surface area contributed by atoms with Crippen molar-refractivity contribution >= 4 is 23.1 Å². The number of methoxy groups -OCH3 is 1. The second-order valence-corrected chi connectivity index (χ2v) is 5.17. The van der Waals surface area contributed by atoms with E-state index in [1.807, 2.05) is 0 Å². The molecule has 0 saturated carbocycles. The normalized spacial score (nSPS) is 11.4. The molecule has 0 unspecified atom stereocenters. The van der Waals surface area contributed by atoms with E-state index in [9.17, 15) is 19.7 Å². The Morgan fingerprint density at radius 3 is 2.28 bits per heavy atom. The zero-order valence-electron chi connectivity index (χ0n) is 13.6. The summed E-state index contributed by atoms with van der Waals surface area (Å²) >= 11 is 0. The van der Waals surface area contributed by atoms with Crippen LogP contribution in [0, 0.1) is 10.1 Å². The highest BCUT2D eigenvalue weighted by atomic mass is 16.6. The quantitative estimate of drug-likeness (QED) is 0.281. The molecule has 2 rings (SSSR count). The van der Waals surface area contributed by atoms with Crippen LogP contribution in [0.1, 0.15) is 27.6 Å². The Hall–Kier alpha value is -3.42. The first kappa shape index (κ1) is 17.9. The maximum absolute atomic E-state index is 12.3. The number of ether oxygens (including phenoxy) is 2. The van der Waals surface area contributed by atoms with Gasteiger partial charge >= 0.3 is 5.97 Å². The van der Waals surface area contributed by atoms with Gasteiger partial charge in [0.1, 0.15) is 11.4 Å². The SMILES string of the molecule is COc1ccc(C(=O)[C@@H](C)OC(=O)c2ccc(N)c([N+](=O)[O-])c2)cc1. The molecular weight excluding hydrogens is 328 g/mol. The van der Waals surface area contributed by atoms with E-state index in [2.05, 4.69) is 0 Å². The molecule has 2 N–H and O–H groups in total. The van der Waals surface area contributed by atoms with Gasteiger partial charge in [0.05, 0.1) is 17.6 Å². The fourth-order valence-electron chi connectivity index (χ4n) is 2.10. The number of nitrogens with two attached hydrogens (primary N) is 1. The maximum atomic E-state index is 12.3. The molecule has 0 fully saturated rings. The zero-order valence-corrected chi connectivity index (χ0v) is 13.6. The summed E-state index contributed by atoms with van der Waals surface area (Å²) in [5.74, 6) is -0.659. The van der Waals surface area contributed by atoms with Crippen LogP contribution in [0.2, 0.25) is 0 Å². The van der Waals surface area contributed by atoms with E-state index in [0.717, 1.165) is 6.07 Å². The Morgan fingerprint density at radius 2 is 1.72 bits per heavy atom. The van der Waals surface area contributed by atoms with Crippen LogP contribution in [0.25, 0.3) is 0 Å². The van der Waals surface area contributed by atoms with Crippen molar-refractivity contribution < 1.29 is 24.0 Å².